The molecule has 2 saturated heterocycles. The molecule has 0 unspecified atom stereocenters. The molecule has 10 heteroatoms. The summed E-state index contributed by atoms with van der Waals surface area (Å²) in [6, 6.07) is 2.46. The number of anilines is 3. The fourth-order valence-corrected chi connectivity index (χ4v) is 3.48. The average Bonchev–Trinajstić information content (AvgIpc) is 3.22. The van der Waals surface area contributed by atoms with Crippen LogP contribution in [0.3, 0.4) is 0 Å². The first kappa shape index (κ1) is 18.7. The van der Waals surface area contributed by atoms with E-state index in [2.05, 4.69) is 19.9 Å². The Labute approximate surface area is 160 Å². The van der Waals surface area contributed by atoms with E-state index >= 15 is 0 Å². The third-order valence-electron chi connectivity index (χ3n) is 4.93. The maximum absolute atomic E-state index is 13.6. The van der Waals surface area contributed by atoms with Gasteiger partial charge in [-0.15, -0.1) is 0 Å². The van der Waals surface area contributed by atoms with Crippen LogP contribution in [-0.2, 0) is 10.9 Å². The second kappa shape index (κ2) is 7.42. The summed E-state index contributed by atoms with van der Waals surface area (Å²) >= 11 is 0. The van der Waals surface area contributed by atoms with Gasteiger partial charge in [0.1, 0.15) is 11.6 Å². The standard InChI is InChI=1S/C18H21F3N6O/c19-18(20,21)13-9-15(22)23-11-12(13)14-10-16(26-3-1-2-4-26)25-17(24-14)27-5-7-28-8-6-27/h9-11H,1-8H2,(H2,22,23). The Morgan fingerprint density at radius 3 is 2.36 bits per heavy atom. The van der Waals surface area contributed by atoms with Gasteiger partial charge in [0.15, 0.2) is 0 Å². The normalized spacial score (nSPS) is 18.0. The summed E-state index contributed by atoms with van der Waals surface area (Å²) in [6.07, 6.45) is -1.37. The molecular formula is C18H21F3N6O. The van der Waals surface area contributed by atoms with Crippen LogP contribution in [0.2, 0.25) is 0 Å². The number of ether oxygens (including phenoxy) is 1. The highest BCUT2D eigenvalue weighted by atomic mass is 19.4. The minimum atomic E-state index is -4.57. The van der Waals surface area contributed by atoms with Gasteiger partial charge in [0.05, 0.1) is 24.5 Å². The zero-order valence-corrected chi connectivity index (χ0v) is 15.2. The smallest absolute Gasteiger partial charge is 0.384 e. The van der Waals surface area contributed by atoms with Crippen molar-refractivity contribution >= 4 is 17.6 Å². The van der Waals surface area contributed by atoms with Gasteiger partial charge < -0.3 is 20.3 Å². The summed E-state index contributed by atoms with van der Waals surface area (Å²) in [4.78, 5) is 17.0. The molecule has 4 heterocycles. The Hall–Kier alpha value is -2.62. The number of morpholine rings is 1. The molecule has 7 nitrogen and oxygen atoms in total. The lowest BCUT2D eigenvalue weighted by Gasteiger charge is -2.28. The van der Waals surface area contributed by atoms with Gasteiger partial charge in [-0.1, -0.05) is 0 Å². The van der Waals surface area contributed by atoms with Gasteiger partial charge >= 0.3 is 6.18 Å². The van der Waals surface area contributed by atoms with Crippen molar-refractivity contribution in [3.05, 3.63) is 23.9 Å². The van der Waals surface area contributed by atoms with Crippen molar-refractivity contribution < 1.29 is 17.9 Å². The van der Waals surface area contributed by atoms with E-state index < -0.39 is 11.7 Å². The van der Waals surface area contributed by atoms with Crippen molar-refractivity contribution in [1.82, 2.24) is 15.0 Å². The first-order valence-corrected chi connectivity index (χ1v) is 9.21. The lowest BCUT2D eigenvalue weighted by Crippen LogP contribution is -2.37. The van der Waals surface area contributed by atoms with E-state index in [1.807, 2.05) is 4.90 Å². The van der Waals surface area contributed by atoms with Gasteiger partial charge in [0, 0.05) is 44.0 Å². The molecule has 28 heavy (non-hydrogen) atoms. The van der Waals surface area contributed by atoms with Crippen LogP contribution in [0.1, 0.15) is 18.4 Å². The molecule has 0 amide bonds. The number of rotatable bonds is 3. The van der Waals surface area contributed by atoms with E-state index in [1.54, 1.807) is 6.07 Å². The summed E-state index contributed by atoms with van der Waals surface area (Å²) in [5, 5.41) is 0. The Kier molecular flexibility index (Phi) is 4.96. The van der Waals surface area contributed by atoms with E-state index in [9.17, 15) is 13.2 Å². The molecule has 2 aliphatic heterocycles. The molecule has 0 atom stereocenters. The van der Waals surface area contributed by atoms with Crippen molar-refractivity contribution in [2.75, 3.05) is 54.9 Å². The first-order chi connectivity index (χ1) is 13.4. The van der Waals surface area contributed by atoms with E-state index in [4.69, 9.17) is 10.5 Å². The number of halogens is 3. The topological polar surface area (TPSA) is 80.4 Å². The van der Waals surface area contributed by atoms with E-state index in [0.717, 1.165) is 38.2 Å². The van der Waals surface area contributed by atoms with Crippen molar-refractivity contribution in [1.29, 1.82) is 0 Å². The number of alkyl halides is 3. The Morgan fingerprint density at radius 1 is 0.964 bits per heavy atom. The third kappa shape index (κ3) is 3.82. The Morgan fingerprint density at radius 2 is 1.68 bits per heavy atom. The van der Waals surface area contributed by atoms with Gasteiger partial charge in [-0.05, 0) is 18.9 Å². The highest BCUT2D eigenvalue weighted by Gasteiger charge is 2.35. The average molecular weight is 394 g/mol. The zero-order valence-electron chi connectivity index (χ0n) is 15.2. The first-order valence-electron chi connectivity index (χ1n) is 9.21. The van der Waals surface area contributed by atoms with Crippen LogP contribution in [0.15, 0.2) is 18.3 Å². The molecule has 0 spiro atoms. The minimum Gasteiger partial charge on any atom is -0.384 e. The molecule has 0 aromatic carbocycles. The van der Waals surface area contributed by atoms with E-state index in [0.29, 0.717) is 38.1 Å². The molecule has 2 fully saturated rings. The van der Waals surface area contributed by atoms with E-state index in [-0.39, 0.29) is 17.1 Å². The van der Waals surface area contributed by atoms with Crippen LogP contribution < -0.4 is 15.5 Å². The molecule has 0 bridgehead atoms. The van der Waals surface area contributed by atoms with Crippen molar-refractivity contribution in [2.24, 2.45) is 0 Å². The number of nitrogens with two attached hydrogens (primary N) is 1. The van der Waals surface area contributed by atoms with Gasteiger partial charge in [-0.2, -0.15) is 18.2 Å². The van der Waals surface area contributed by atoms with Gasteiger partial charge in [-0.25, -0.2) is 9.97 Å². The quantitative estimate of drug-likeness (QED) is 0.857. The van der Waals surface area contributed by atoms with Crippen LogP contribution in [0.4, 0.5) is 30.8 Å². The lowest BCUT2D eigenvalue weighted by molar-refractivity contribution is -0.137. The molecule has 0 radical (unpaired) electrons. The predicted molar refractivity (Wildman–Crippen MR) is 99.2 cm³/mol. The van der Waals surface area contributed by atoms with Crippen LogP contribution in [0.5, 0.6) is 0 Å². The predicted octanol–water partition coefficient (Wildman–Crippen LogP) is 2.58. The van der Waals surface area contributed by atoms with Gasteiger partial charge in [0.2, 0.25) is 5.95 Å². The van der Waals surface area contributed by atoms with Crippen molar-refractivity contribution in [3.8, 4) is 11.3 Å². The fourth-order valence-electron chi connectivity index (χ4n) is 3.48. The highest BCUT2D eigenvalue weighted by molar-refractivity contribution is 5.69. The number of aromatic nitrogens is 3. The zero-order chi connectivity index (χ0) is 19.7. The monoisotopic (exact) mass is 394 g/mol. The molecule has 2 aromatic rings. The Bertz CT molecular complexity index is 848. The summed E-state index contributed by atoms with van der Waals surface area (Å²) in [7, 11) is 0. The molecule has 2 aromatic heterocycles. The molecule has 150 valence electrons. The van der Waals surface area contributed by atoms with Gasteiger partial charge in [-0.3, -0.25) is 0 Å². The second-order valence-electron chi connectivity index (χ2n) is 6.86. The largest absolute Gasteiger partial charge is 0.417 e. The molecule has 2 N–H and O–H groups in total. The third-order valence-corrected chi connectivity index (χ3v) is 4.93. The van der Waals surface area contributed by atoms with Crippen LogP contribution >= 0.6 is 0 Å². The lowest BCUT2D eigenvalue weighted by atomic mass is 10.1. The summed E-state index contributed by atoms with van der Waals surface area (Å²) in [5.74, 6) is 0.861. The molecule has 0 aliphatic carbocycles. The van der Waals surface area contributed by atoms with Gasteiger partial charge in [0.25, 0.3) is 0 Å². The minimum absolute atomic E-state index is 0.0981. The molecule has 2 aliphatic rings. The number of hydrogen-bond acceptors (Lipinski definition) is 7. The van der Waals surface area contributed by atoms with Crippen molar-refractivity contribution in [3.63, 3.8) is 0 Å². The molecule has 4 rings (SSSR count). The summed E-state index contributed by atoms with van der Waals surface area (Å²) in [5.41, 5.74) is 4.75. The van der Waals surface area contributed by atoms with E-state index in [1.165, 1.54) is 0 Å². The molecular weight excluding hydrogens is 373 g/mol. The number of nitrogens with zero attached hydrogens (tertiary/aromatic N) is 5. The summed E-state index contributed by atoms with van der Waals surface area (Å²) in [6.45, 7) is 3.90. The fraction of sp³-hybridized carbons (Fsp3) is 0.500. The van der Waals surface area contributed by atoms with Crippen LogP contribution in [0, 0.1) is 0 Å². The number of nitrogen functional groups attached to an aromatic ring is 1. The SMILES string of the molecule is Nc1cc(C(F)(F)F)c(-c2cc(N3CCCC3)nc(N3CCOCC3)n2)cn1. The maximum Gasteiger partial charge on any atom is 0.417 e. The van der Waals surface area contributed by atoms with Crippen LogP contribution in [-0.4, -0.2) is 54.3 Å². The molecule has 0 saturated carbocycles. The second-order valence-corrected chi connectivity index (χ2v) is 6.86. The number of pyridine rings is 1. The number of hydrogen-bond donors (Lipinski definition) is 1. The highest BCUT2D eigenvalue weighted by Crippen LogP contribution is 2.38. The van der Waals surface area contributed by atoms with Crippen LogP contribution in [0.25, 0.3) is 11.3 Å². The Balaban J connectivity index is 1.83. The summed E-state index contributed by atoms with van der Waals surface area (Å²) < 4.78 is 46.2. The maximum atomic E-state index is 13.6. The van der Waals surface area contributed by atoms with Crippen molar-refractivity contribution in [2.45, 2.75) is 19.0 Å².